The number of aliphatic hydroxyl groups excluding tert-OH is 1. The van der Waals surface area contributed by atoms with Crippen LogP contribution in [-0.4, -0.2) is 31.2 Å². The highest BCUT2D eigenvalue weighted by Gasteiger charge is 2.31. The van der Waals surface area contributed by atoms with Crippen LogP contribution in [0.2, 0.25) is 0 Å². The van der Waals surface area contributed by atoms with Crippen LogP contribution in [0.5, 0.6) is 5.75 Å². The molecule has 4 rings (SSSR count). The highest BCUT2D eigenvalue weighted by atomic mass is 19.4. The smallest absolute Gasteiger partial charge is 0.406 e. The Kier molecular flexibility index (Phi) is 5.18. The Morgan fingerprint density at radius 3 is 2.34 bits per heavy atom. The van der Waals surface area contributed by atoms with Crippen LogP contribution < -0.4 is 4.74 Å². The Balaban J connectivity index is 1.81. The van der Waals surface area contributed by atoms with Crippen molar-refractivity contribution in [2.75, 3.05) is 0 Å². The van der Waals surface area contributed by atoms with Gasteiger partial charge in [0.15, 0.2) is 11.9 Å². The van der Waals surface area contributed by atoms with E-state index in [0.29, 0.717) is 11.2 Å². The van der Waals surface area contributed by atoms with Crippen molar-refractivity contribution in [1.29, 1.82) is 0 Å². The molecule has 1 fully saturated rings. The molecule has 6 nitrogen and oxygen atoms in total. The fourth-order valence-corrected chi connectivity index (χ4v) is 3.98. The number of aliphatic hydroxyl groups is 2. The summed E-state index contributed by atoms with van der Waals surface area (Å²) in [5, 5.41) is 23.5. The van der Waals surface area contributed by atoms with Crippen LogP contribution in [0.25, 0.3) is 16.8 Å². The van der Waals surface area contributed by atoms with Crippen molar-refractivity contribution in [3.63, 3.8) is 0 Å². The van der Waals surface area contributed by atoms with Gasteiger partial charge in [0.1, 0.15) is 5.75 Å². The van der Waals surface area contributed by atoms with Crippen LogP contribution in [0.3, 0.4) is 0 Å². The molecule has 1 aliphatic carbocycles. The second kappa shape index (κ2) is 7.64. The number of halogens is 3. The van der Waals surface area contributed by atoms with E-state index < -0.39 is 12.7 Å². The van der Waals surface area contributed by atoms with Crippen molar-refractivity contribution in [2.24, 2.45) is 0 Å². The molecule has 0 atom stereocenters. The molecular formula is C20H20F3N3O3. The molecule has 1 aromatic carbocycles. The van der Waals surface area contributed by atoms with Gasteiger partial charge in [0.05, 0.1) is 17.5 Å². The second-order valence-electron chi connectivity index (χ2n) is 7.17. The number of nitrogens with zero attached hydrogens (tertiary/aromatic N) is 3. The molecule has 0 radical (unpaired) electrons. The van der Waals surface area contributed by atoms with E-state index in [0.717, 1.165) is 43.4 Å². The Hall–Kier alpha value is -2.65. The van der Waals surface area contributed by atoms with Crippen LogP contribution in [0.1, 0.15) is 55.6 Å². The fourth-order valence-electron chi connectivity index (χ4n) is 3.98. The number of rotatable bonds is 4. The van der Waals surface area contributed by atoms with Gasteiger partial charge in [0.2, 0.25) is 0 Å². The lowest BCUT2D eigenvalue weighted by molar-refractivity contribution is -0.274. The van der Waals surface area contributed by atoms with E-state index >= 15 is 0 Å². The molecule has 2 aromatic heterocycles. The van der Waals surface area contributed by atoms with Crippen molar-refractivity contribution < 1.29 is 28.1 Å². The summed E-state index contributed by atoms with van der Waals surface area (Å²) < 4.78 is 42.9. The molecule has 0 bridgehead atoms. The quantitative estimate of drug-likeness (QED) is 0.630. The van der Waals surface area contributed by atoms with Gasteiger partial charge in [-0.1, -0.05) is 31.4 Å². The SMILES string of the molecule is OC(O)c1cnn2c(C3CCCCC3)c(-c3ccc(OC(F)(F)F)cc3)cnc12. The molecule has 29 heavy (non-hydrogen) atoms. The molecule has 1 saturated carbocycles. The van der Waals surface area contributed by atoms with Gasteiger partial charge in [-0.15, -0.1) is 13.2 Å². The number of fused-ring (bicyclic) bond motifs is 1. The number of benzene rings is 1. The Morgan fingerprint density at radius 1 is 1.03 bits per heavy atom. The van der Waals surface area contributed by atoms with Gasteiger partial charge in [-0.25, -0.2) is 9.50 Å². The van der Waals surface area contributed by atoms with E-state index in [1.807, 2.05) is 0 Å². The number of aromatic nitrogens is 3. The molecule has 1 aliphatic rings. The van der Waals surface area contributed by atoms with Gasteiger partial charge in [0, 0.05) is 17.7 Å². The third-order valence-electron chi connectivity index (χ3n) is 5.26. The lowest BCUT2D eigenvalue weighted by Crippen LogP contribution is -2.17. The highest BCUT2D eigenvalue weighted by molar-refractivity contribution is 5.69. The first-order valence-electron chi connectivity index (χ1n) is 9.42. The van der Waals surface area contributed by atoms with Gasteiger partial charge >= 0.3 is 6.36 Å². The van der Waals surface area contributed by atoms with Crippen LogP contribution in [0, 0.1) is 0 Å². The van der Waals surface area contributed by atoms with E-state index in [1.54, 1.807) is 22.8 Å². The molecule has 154 valence electrons. The Labute approximate surface area is 164 Å². The molecule has 9 heteroatoms. The van der Waals surface area contributed by atoms with Crippen LogP contribution in [0.15, 0.2) is 36.7 Å². The zero-order chi connectivity index (χ0) is 20.6. The predicted octanol–water partition coefficient (Wildman–Crippen LogP) is 4.33. The van der Waals surface area contributed by atoms with Crippen molar-refractivity contribution >= 4 is 5.65 Å². The first kappa shape index (κ1) is 19.7. The van der Waals surface area contributed by atoms with Crippen LogP contribution >= 0.6 is 0 Å². The van der Waals surface area contributed by atoms with E-state index in [1.165, 1.54) is 18.3 Å². The molecule has 0 amide bonds. The minimum absolute atomic E-state index is 0.193. The summed E-state index contributed by atoms with van der Waals surface area (Å²) in [6.45, 7) is 0. The van der Waals surface area contributed by atoms with Gasteiger partial charge < -0.3 is 14.9 Å². The summed E-state index contributed by atoms with van der Waals surface area (Å²) in [7, 11) is 0. The zero-order valence-corrected chi connectivity index (χ0v) is 15.4. The van der Waals surface area contributed by atoms with E-state index in [4.69, 9.17) is 0 Å². The molecule has 0 spiro atoms. The maximum Gasteiger partial charge on any atom is 0.573 e. The van der Waals surface area contributed by atoms with Crippen LogP contribution in [-0.2, 0) is 0 Å². The summed E-state index contributed by atoms with van der Waals surface area (Å²) >= 11 is 0. The van der Waals surface area contributed by atoms with Crippen molar-refractivity contribution in [3.05, 3.63) is 47.9 Å². The topological polar surface area (TPSA) is 79.9 Å². The van der Waals surface area contributed by atoms with Gasteiger partial charge in [0.25, 0.3) is 0 Å². The Morgan fingerprint density at radius 2 is 1.72 bits per heavy atom. The molecule has 2 heterocycles. The first-order chi connectivity index (χ1) is 13.8. The second-order valence-corrected chi connectivity index (χ2v) is 7.17. The number of ether oxygens (including phenoxy) is 1. The maximum absolute atomic E-state index is 12.4. The maximum atomic E-state index is 12.4. The van der Waals surface area contributed by atoms with E-state index in [-0.39, 0.29) is 17.2 Å². The van der Waals surface area contributed by atoms with Crippen LogP contribution in [0.4, 0.5) is 13.2 Å². The fraction of sp³-hybridized carbons (Fsp3) is 0.400. The molecule has 0 saturated heterocycles. The first-order valence-corrected chi connectivity index (χ1v) is 9.42. The minimum Gasteiger partial charge on any atom is -0.406 e. The standard InChI is InChI=1S/C20H20F3N3O3/c21-20(22,23)29-14-8-6-12(7-9-14)15-10-24-18-16(19(27)28)11-25-26(18)17(15)13-4-2-1-3-5-13/h6-11,13,19,27-28H,1-5H2. The normalized spacial score (nSPS) is 15.9. The summed E-state index contributed by atoms with van der Waals surface area (Å²) in [4.78, 5) is 4.35. The summed E-state index contributed by atoms with van der Waals surface area (Å²) in [5.74, 6) is -0.0989. The summed E-state index contributed by atoms with van der Waals surface area (Å²) in [5.41, 5.74) is 2.90. The molecule has 0 aliphatic heterocycles. The Bertz CT molecular complexity index is 994. The lowest BCUT2D eigenvalue weighted by Gasteiger charge is -2.25. The van der Waals surface area contributed by atoms with Crippen molar-refractivity contribution in [2.45, 2.75) is 50.7 Å². The van der Waals surface area contributed by atoms with Gasteiger partial charge in [-0.05, 0) is 30.5 Å². The third kappa shape index (κ3) is 4.06. The van der Waals surface area contributed by atoms with Gasteiger partial charge in [-0.2, -0.15) is 5.10 Å². The zero-order valence-electron chi connectivity index (χ0n) is 15.4. The molecular weight excluding hydrogens is 387 g/mol. The number of hydrogen-bond acceptors (Lipinski definition) is 5. The van der Waals surface area contributed by atoms with Crippen molar-refractivity contribution in [1.82, 2.24) is 14.6 Å². The summed E-state index contributed by atoms with van der Waals surface area (Å²) in [6.07, 6.45) is 1.77. The average Bonchev–Trinajstić information content (AvgIpc) is 3.12. The third-order valence-corrected chi connectivity index (χ3v) is 5.26. The van der Waals surface area contributed by atoms with E-state index in [2.05, 4.69) is 14.8 Å². The lowest BCUT2D eigenvalue weighted by atomic mass is 9.84. The average molecular weight is 407 g/mol. The summed E-state index contributed by atoms with van der Waals surface area (Å²) in [6, 6.07) is 5.65. The van der Waals surface area contributed by atoms with Gasteiger partial charge in [-0.3, -0.25) is 0 Å². The van der Waals surface area contributed by atoms with Crippen molar-refractivity contribution in [3.8, 4) is 16.9 Å². The number of hydrogen-bond donors (Lipinski definition) is 2. The molecule has 2 N–H and O–H groups in total. The largest absolute Gasteiger partial charge is 0.573 e. The monoisotopic (exact) mass is 407 g/mol. The highest BCUT2D eigenvalue weighted by Crippen LogP contribution is 2.39. The number of alkyl halides is 3. The van der Waals surface area contributed by atoms with E-state index in [9.17, 15) is 23.4 Å². The minimum atomic E-state index is -4.74. The molecule has 3 aromatic rings. The molecule has 0 unspecified atom stereocenters. The predicted molar refractivity (Wildman–Crippen MR) is 98.1 cm³/mol.